The van der Waals surface area contributed by atoms with Crippen LogP contribution in [-0.2, 0) is 0 Å². The molecule has 1 saturated carbocycles. The summed E-state index contributed by atoms with van der Waals surface area (Å²) in [5, 5.41) is 0. The van der Waals surface area contributed by atoms with E-state index in [0.29, 0.717) is 0 Å². The lowest BCUT2D eigenvalue weighted by Crippen LogP contribution is -1.83. The monoisotopic (exact) mass is 134 g/mol. The van der Waals surface area contributed by atoms with Gasteiger partial charge in [-0.3, -0.25) is 0 Å². The van der Waals surface area contributed by atoms with Crippen LogP contribution in [0, 0.1) is 5.92 Å². The smallest absolute Gasteiger partial charge is 0.0159 e. The van der Waals surface area contributed by atoms with Gasteiger partial charge in [0.2, 0.25) is 0 Å². The molecule has 0 heterocycles. The average Bonchev–Trinajstić information content (AvgIpc) is 2.73. The lowest BCUT2D eigenvalue weighted by atomic mass is 10.1. The molecule has 0 amide bonds. The molecule has 0 N–H and O–H groups in total. The first-order valence-corrected chi connectivity index (χ1v) is 3.75. The Kier molecular flexibility index (Phi) is 2.10. The summed E-state index contributed by atoms with van der Waals surface area (Å²) in [4.78, 5) is 0. The Labute approximate surface area is 62.9 Å². The van der Waals surface area contributed by atoms with E-state index in [2.05, 4.69) is 20.1 Å². The Morgan fingerprint density at radius 1 is 1.30 bits per heavy atom. The summed E-state index contributed by atoms with van der Waals surface area (Å²) in [6.45, 7) is 9.62. The zero-order chi connectivity index (χ0) is 7.56. The quantitative estimate of drug-likeness (QED) is 0.520. The average molecular weight is 134 g/mol. The molecule has 0 nitrogen and oxygen atoms in total. The van der Waals surface area contributed by atoms with Gasteiger partial charge in [-0.15, -0.1) is 0 Å². The molecule has 1 rings (SSSR count). The Balaban J connectivity index is 2.78. The Hall–Kier alpha value is -0.780. The highest BCUT2D eigenvalue weighted by Crippen LogP contribution is 2.38. The van der Waals surface area contributed by atoms with Crippen LogP contribution in [0.3, 0.4) is 0 Å². The molecule has 0 saturated heterocycles. The minimum Gasteiger partial charge on any atom is -0.0988 e. The van der Waals surface area contributed by atoms with Crippen molar-refractivity contribution in [3.05, 3.63) is 36.5 Å². The molecule has 1 fully saturated rings. The second-order valence-electron chi connectivity index (χ2n) is 2.82. The first kappa shape index (κ1) is 7.33. The Morgan fingerprint density at radius 3 is 2.20 bits per heavy atom. The van der Waals surface area contributed by atoms with Gasteiger partial charge in [0.1, 0.15) is 0 Å². The summed E-state index contributed by atoms with van der Waals surface area (Å²) in [7, 11) is 0. The molecule has 0 aromatic rings. The van der Waals surface area contributed by atoms with Gasteiger partial charge in [-0.1, -0.05) is 25.3 Å². The lowest BCUT2D eigenvalue weighted by Gasteiger charge is -2.00. The van der Waals surface area contributed by atoms with Crippen molar-refractivity contribution in [3.63, 3.8) is 0 Å². The molecule has 0 radical (unpaired) electrons. The van der Waals surface area contributed by atoms with Crippen LogP contribution in [0.15, 0.2) is 36.5 Å². The summed E-state index contributed by atoms with van der Waals surface area (Å²) in [6, 6.07) is 0. The minimum absolute atomic E-state index is 0.801. The summed E-state index contributed by atoms with van der Waals surface area (Å²) in [5.74, 6) is 0.801. The first-order valence-electron chi connectivity index (χ1n) is 3.75. The third-order valence-corrected chi connectivity index (χ3v) is 2.00. The van der Waals surface area contributed by atoms with Crippen molar-refractivity contribution in [1.29, 1.82) is 0 Å². The molecule has 0 atom stereocenters. The van der Waals surface area contributed by atoms with Crippen LogP contribution in [0.25, 0.3) is 0 Å². The summed E-state index contributed by atoms with van der Waals surface area (Å²) in [6.07, 6.45) is 6.56. The van der Waals surface area contributed by atoms with Gasteiger partial charge < -0.3 is 0 Å². The highest BCUT2D eigenvalue weighted by molar-refractivity contribution is 5.33. The number of hydrogen-bond donors (Lipinski definition) is 0. The molecule has 54 valence electrons. The van der Waals surface area contributed by atoms with Crippen molar-refractivity contribution in [3.8, 4) is 0 Å². The van der Waals surface area contributed by atoms with Gasteiger partial charge in [-0.2, -0.15) is 0 Å². The zero-order valence-corrected chi connectivity index (χ0v) is 6.56. The molecule has 0 spiro atoms. The van der Waals surface area contributed by atoms with E-state index < -0.39 is 0 Å². The van der Waals surface area contributed by atoms with E-state index in [1.54, 1.807) is 0 Å². The fourth-order valence-electron chi connectivity index (χ4n) is 1.16. The van der Waals surface area contributed by atoms with Crippen molar-refractivity contribution >= 4 is 0 Å². The fourth-order valence-corrected chi connectivity index (χ4v) is 1.16. The van der Waals surface area contributed by atoms with Gasteiger partial charge in [0.15, 0.2) is 0 Å². The van der Waals surface area contributed by atoms with Crippen molar-refractivity contribution < 1.29 is 0 Å². The van der Waals surface area contributed by atoms with Crippen LogP contribution >= 0.6 is 0 Å². The maximum atomic E-state index is 3.79. The minimum atomic E-state index is 0.801. The van der Waals surface area contributed by atoms with Crippen molar-refractivity contribution in [2.75, 3.05) is 0 Å². The SMILES string of the molecule is C=C/C(C)=C(\C=C)C1CC1. The zero-order valence-electron chi connectivity index (χ0n) is 6.56. The van der Waals surface area contributed by atoms with E-state index in [0.717, 1.165) is 5.92 Å². The highest BCUT2D eigenvalue weighted by Gasteiger charge is 2.24. The molecule has 1 aliphatic carbocycles. The van der Waals surface area contributed by atoms with Gasteiger partial charge in [0, 0.05) is 0 Å². The predicted molar refractivity (Wildman–Crippen MR) is 45.8 cm³/mol. The number of hydrogen-bond acceptors (Lipinski definition) is 0. The summed E-state index contributed by atoms with van der Waals surface area (Å²) < 4.78 is 0. The molecule has 0 aliphatic heterocycles. The summed E-state index contributed by atoms with van der Waals surface area (Å²) in [5.41, 5.74) is 2.69. The van der Waals surface area contributed by atoms with Crippen LogP contribution < -0.4 is 0 Å². The van der Waals surface area contributed by atoms with Gasteiger partial charge in [0.05, 0.1) is 0 Å². The first-order chi connectivity index (χ1) is 4.79. The lowest BCUT2D eigenvalue weighted by molar-refractivity contribution is 1.03. The second kappa shape index (κ2) is 2.87. The van der Waals surface area contributed by atoms with Crippen molar-refractivity contribution in [2.24, 2.45) is 5.92 Å². The molecule has 0 unspecified atom stereocenters. The molecule has 0 bridgehead atoms. The van der Waals surface area contributed by atoms with Gasteiger partial charge in [-0.05, 0) is 36.8 Å². The van der Waals surface area contributed by atoms with E-state index in [1.807, 2.05) is 12.2 Å². The van der Waals surface area contributed by atoms with Crippen molar-refractivity contribution in [2.45, 2.75) is 19.8 Å². The topological polar surface area (TPSA) is 0 Å². The van der Waals surface area contributed by atoms with E-state index >= 15 is 0 Å². The summed E-state index contributed by atoms with van der Waals surface area (Å²) >= 11 is 0. The molecular weight excluding hydrogens is 120 g/mol. The van der Waals surface area contributed by atoms with E-state index in [1.165, 1.54) is 24.0 Å². The third-order valence-electron chi connectivity index (χ3n) is 2.00. The molecule has 10 heavy (non-hydrogen) atoms. The van der Waals surface area contributed by atoms with Gasteiger partial charge >= 0.3 is 0 Å². The fraction of sp³-hybridized carbons (Fsp3) is 0.400. The van der Waals surface area contributed by atoms with Gasteiger partial charge in [0.25, 0.3) is 0 Å². The van der Waals surface area contributed by atoms with Crippen LogP contribution in [0.5, 0.6) is 0 Å². The van der Waals surface area contributed by atoms with Crippen molar-refractivity contribution in [1.82, 2.24) is 0 Å². The number of allylic oxidation sites excluding steroid dienone is 4. The van der Waals surface area contributed by atoms with E-state index in [4.69, 9.17) is 0 Å². The van der Waals surface area contributed by atoms with Crippen LogP contribution in [-0.4, -0.2) is 0 Å². The van der Waals surface area contributed by atoms with E-state index in [9.17, 15) is 0 Å². The highest BCUT2D eigenvalue weighted by atomic mass is 14.3. The standard InChI is InChI=1S/C10H14/c1-4-8(3)10(5-2)9-6-7-9/h4-5,9H,1-2,6-7H2,3H3/b10-8+. The van der Waals surface area contributed by atoms with Gasteiger partial charge in [-0.25, -0.2) is 0 Å². The van der Waals surface area contributed by atoms with Crippen LogP contribution in [0.4, 0.5) is 0 Å². The molecular formula is C10H14. The predicted octanol–water partition coefficient (Wildman–Crippen LogP) is 3.08. The number of rotatable bonds is 3. The normalized spacial score (nSPS) is 19.7. The third kappa shape index (κ3) is 1.38. The Bertz CT molecular complexity index is 180. The largest absolute Gasteiger partial charge is 0.0988 e. The van der Waals surface area contributed by atoms with Crippen LogP contribution in [0.1, 0.15) is 19.8 Å². The Morgan fingerprint density at radius 2 is 1.90 bits per heavy atom. The molecule has 0 aromatic carbocycles. The van der Waals surface area contributed by atoms with E-state index in [-0.39, 0.29) is 0 Å². The molecule has 1 aliphatic rings. The second-order valence-corrected chi connectivity index (χ2v) is 2.82. The maximum absolute atomic E-state index is 3.79. The molecule has 0 heteroatoms. The maximum Gasteiger partial charge on any atom is -0.0159 e. The van der Waals surface area contributed by atoms with Crippen LogP contribution in [0.2, 0.25) is 0 Å². The molecule has 0 aromatic heterocycles.